The van der Waals surface area contributed by atoms with Crippen molar-refractivity contribution in [3.05, 3.63) is 29.0 Å². The molecule has 0 spiro atoms. The lowest BCUT2D eigenvalue weighted by molar-refractivity contribution is 0.0945. The van der Waals surface area contributed by atoms with E-state index < -0.39 is 0 Å². The smallest absolute Gasteiger partial charge is 0.253 e. The van der Waals surface area contributed by atoms with Crippen molar-refractivity contribution in [3.8, 4) is 12.3 Å². The number of pyridine rings is 1. The van der Waals surface area contributed by atoms with Crippen LogP contribution in [0, 0.1) is 12.3 Å². The number of halogens is 1. The second-order valence-corrected chi connectivity index (χ2v) is 3.36. The molecule has 0 saturated heterocycles. The Balaban J connectivity index is 2.79. The molecule has 0 radical (unpaired) electrons. The van der Waals surface area contributed by atoms with Crippen LogP contribution in [0.2, 0.25) is 5.02 Å². The van der Waals surface area contributed by atoms with E-state index >= 15 is 0 Å². The summed E-state index contributed by atoms with van der Waals surface area (Å²) in [7, 11) is 0. The van der Waals surface area contributed by atoms with Crippen LogP contribution < -0.4 is 5.32 Å². The zero-order chi connectivity index (χ0) is 11.3. The van der Waals surface area contributed by atoms with Crippen molar-refractivity contribution in [2.24, 2.45) is 0 Å². The van der Waals surface area contributed by atoms with Crippen molar-refractivity contribution in [2.45, 2.75) is 19.4 Å². The molecule has 3 nitrogen and oxygen atoms in total. The van der Waals surface area contributed by atoms with Crippen LogP contribution in [0.3, 0.4) is 0 Å². The zero-order valence-corrected chi connectivity index (χ0v) is 9.08. The van der Waals surface area contributed by atoms with Crippen LogP contribution in [0.1, 0.15) is 23.7 Å². The van der Waals surface area contributed by atoms with Gasteiger partial charge in [-0.1, -0.05) is 24.4 Å². The van der Waals surface area contributed by atoms with Gasteiger partial charge in [-0.25, -0.2) is 0 Å². The van der Waals surface area contributed by atoms with Crippen molar-refractivity contribution in [1.29, 1.82) is 0 Å². The second-order valence-electron chi connectivity index (χ2n) is 2.96. The first-order valence-corrected chi connectivity index (χ1v) is 4.93. The van der Waals surface area contributed by atoms with Crippen LogP contribution >= 0.6 is 11.6 Å². The van der Waals surface area contributed by atoms with Crippen molar-refractivity contribution in [2.75, 3.05) is 0 Å². The molecular formula is C11H11ClN2O. The topological polar surface area (TPSA) is 42.0 Å². The summed E-state index contributed by atoms with van der Waals surface area (Å²) in [6.07, 6.45) is 8.86. The number of terminal acetylenes is 1. The molecule has 0 aliphatic carbocycles. The van der Waals surface area contributed by atoms with Gasteiger partial charge in [-0.15, -0.1) is 6.42 Å². The van der Waals surface area contributed by atoms with E-state index in [-0.39, 0.29) is 11.9 Å². The van der Waals surface area contributed by atoms with Gasteiger partial charge < -0.3 is 5.32 Å². The molecule has 15 heavy (non-hydrogen) atoms. The number of nitrogens with zero attached hydrogens (tertiary/aromatic N) is 1. The second kappa shape index (κ2) is 5.38. The Morgan fingerprint density at radius 1 is 1.80 bits per heavy atom. The summed E-state index contributed by atoms with van der Waals surface area (Å²) >= 11 is 5.81. The van der Waals surface area contributed by atoms with Gasteiger partial charge in [0, 0.05) is 12.4 Å². The van der Waals surface area contributed by atoms with Gasteiger partial charge in [0.25, 0.3) is 5.91 Å². The summed E-state index contributed by atoms with van der Waals surface area (Å²) in [5, 5.41) is 3.01. The van der Waals surface area contributed by atoms with Crippen LogP contribution in [-0.4, -0.2) is 16.9 Å². The number of rotatable bonds is 3. The summed E-state index contributed by atoms with van der Waals surface area (Å²) in [6, 6.07) is 1.29. The summed E-state index contributed by atoms with van der Waals surface area (Å²) in [5.41, 5.74) is 0.389. The maximum atomic E-state index is 11.7. The number of carbonyl (C=O) groups is 1. The number of amides is 1. The Morgan fingerprint density at radius 2 is 2.53 bits per heavy atom. The number of hydrogen-bond donors (Lipinski definition) is 1. The Hall–Kier alpha value is -1.53. The largest absolute Gasteiger partial charge is 0.338 e. The van der Waals surface area contributed by atoms with E-state index in [1.54, 1.807) is 6.07 Å². The minimum absolute atomic E-state index is 0.262. The van der Waals surface area contributed by atoms with Crippen molar-refractivity contribution < 1.29 is 4.79 Å². The van der Waals surface area contributed by atoms with E-state index in [0.29, 0.717) is 17.0 Å². The number of aromatic nitrogens is 1. The first-order chi connectivity index (χ1) is 7.19. The van der Waals surface area contributed by atoms with Crippen LogP contribution in [-0.2, 0) is 0 Å². The predicted octanol–water partition coefficient (Wildman–Crippen LogP) is 1.88. The summed E-state index contributed by atoms with van der Waals surface area (Å²) in [5.74, 6) is 2.21. The van der Waals surface area contributed by atoms with Crippen molar-refractivity contribution in [1.82, 2.24) is 10.3 Å². The number of nitrogens with one attached hydrogen (secondary N) is 1. The average molecular weight is 223 g/mol. The third-order valence-corrected chi connectivity index (χ3v) is 2.23. The molecule has 1 atom stereocenters. The molecule has 4 heteroatoms. The molecule has 1 N–H and O–H groups in total. The van der Waals surface area contributed by atoms with Gasteiger partial charge >= 0.3 is 0 Å². The SMILES string of the molecule is C#CC(CC)NC(=O)c1ccncc1Cl. The lowest BCUT2D eigenvalue weighted by atomic mass is 10.2. The predicted molar refractivity (Wildman–Crippen MR) is 59.6 cm³/mol. The standard InChI is InChI=1S/C11H11ClN2O/c1-3-8(4-2)14-11(15)9-5-6-13-7-10(9)12/h1,5-8H,4H2,2H3,(H,14,15). The van der Waals surface area contributed by atoms with Crippen LogP contribution in [0.5, 0.6) is 0 Å². The van der Waals surface area contributed by atoms with E-state index in [0.717, 1.165) is 0 Å². The Bertz CT molecular complexity index is 398. The fourth-order valence-corrected chi connectivity index (χ4v) is 1.26. The van der Waals surface area contributed by atoms with Crippen molar-refractivity contribution >= 4 is 17.5 Å². The lowest BCUT2D eigenvalue weighted by Gasteiger charge is -2.10. The van der Waals surface area contributed by atoms with Gasteiger partial charge in [-0.3, -0.25) is 9.78 Å². The summed E-state index contributed by atoms with van der Waals surface area (Å²) in [4.78, 5) is 15.5. The highest BCUT2D eigenvalue weighted by Crippen LogP contribution is 2.13. The van der Waals surface area contributed by atoms with E-state index in [2.05, 4.69) is 16.2 Å². The van der Waals surface area contributed by atoms with Gasteiger partial charge in [0.05, 0.1) is 16.6 Å². The van der Waals surface area contributed by atoms with Gasteiger partial charge in [-0.05, 0) is 12.5 Å². The average Bonchev–Trinajstić information content (AvgIpc) is 2.26. The minimum Gasteiger partial charge on any atom is -0.338 e. The molecule has 0 bridgehead atoms. The summed E-state index contributed by atoms with van der Waals surface area (Å²) in [6.45, 7) is 1.90. The van der Waals surface area contributed by atoms with Gasteiger partial charge in [0.15, 0.2) is 0 Å². The molecule has 0 aromatic carbocycles. The molecule has 0 aliphatic rings. The fourth-order valence-electron chi connectivity index (χ4n) is 1.06. The first kappa shape index (κ1) is 11.5. The highest BCUT2D eigenvalue weighted by atomic mass is 35.5. The lowest BCUT2D eigenvalue weighted by Crippen LogP contribution is -2.33. The molecule has 1 aromatic rings. The third-order valence-electron chi connectivity index (χ3n) is 1.93. The Morgan fingerprint density at radius 3 is 3.07 bits per heavy atom. The van der Waals surface area contributed by atoms with Crippen LogP contribution in [0.25, 0.3) is 0 Å². The Kier molecular flexibility index (Phi) is 4.14. The zero-order valence-electron chi connectivity index (χ0n) is 8.33. The molecular weight excluding hydrogens is 212 g/mol. The van der Waals surface area contributed by atoms with Crippen LogP contribution in [0.4, 0.5) is 0 Å². The van der Waals surface area contributed by atoms with E-state index in [1.807, 2.05) is 6.92 Å². The monoisotopic (exact) mass is 222 g/mol. The van der Waals surface area contributed by atoms with Gasteiger partial charge in [-0.2, -0.15) is 0 Å². The van der Waals surface area contributed by atoms with E-state index in [9.17, 15) is 4.79 Å². The maximum absolute atomic E-state index is 11.7. The van der Waals surface area contributed by atoms with Crippen molar-refractivity contribution in [3.63, 3.8) is 0 Å². The normalized spacial score (nSPS) is 11.5. The summed E-state index contributed by atoms with van der Waals surface area (Å²) < 4.78 is 0. The molecule has 1 rings (SSSR count). The number of hydrogen-bond acceptors (Lipinski definition) is 2. The highest BCUT2D eigenvalue weighted by molar-refractivity contribution is 6.33. The Labute approximate surface area is 93.9 Å². The van der Waals surface area contributed by atoms with Crippen LogP contribution in [0.15, 0.2) is 18.5 Å². The van der Waals surface area contributed by atoms with E-state index in [4.69, 9.17) is 18.0 Å². The fraction of sp³-hybridized carbons (Fsp3) is 0.273. The van der Waals surface area contributed by atoms with Gasteiger partial charge in [0.1, 0.15) is 0 Å². The molecule has 1 unspecified atom stereocenters. The highest BCUT2D eigenvalue weighted by Gasteiger charge is 2.12. The minimum atomic E-state index is -0.271. The molecule has 0 aliphatic heterocycles. The van der Waals surface area contributed by atoms with Gasteiger partial charge in [0.2, 0.25) is 0 Å². The molecule has 78 valence electrons. The number of carbonyl (C=O) groups excluding carboxylic acids is 1. The third kappa shape index (κ3) is 2.97. The molecule has 0 saturated carbocycles. The maximum Gasteiger partial charge on any atom is 0.253 e. The molecule has 0 fully saturated rings. The molecule has 1 heterocycles. The van der Waals surface area contributed by atoms with E-state index in [1.165, 1.54) is 12.4 Å². The quantitative estimate of drug-likeness (QED) is 0.794. The molecule has 1 amide bonds. The first-order valence-electron chi connectivity index (χ1n) is 4.55. The molecule has 1 aromatic heterocycles.